The first-order valence-electron chi connectivity index (χ1n) is 18.4. The minimum atomic E-state index is -0.482. The quantitative estimate of drug-likeness (QED) is 0.262. The first-order valence-corrected chi connectivity index (χ1v) is 18.4. The zero-order chi connectivity index (χ0) is 37.8. The summed E-state index contributed by atoms with van der Waals surface area (Å²) in [6.07, 6.45) is 3.55. The van der Waals surface area contributed by atoms with Crippen molar-refractivity contribution >= 4 is 18.3 Å². The number of nitrogens with zero attached hydrogens (tertiary/aromatic N) is 3. The van der Waals surface area contributed by atoms with Gasteiger partial charge in [-0.1, -0.05) is 0 Å². The molecule has 3 saturated heterocycles. The molecule has 0 aromatic carbocycles. The highest BCUT2D eigenvalue weighted by Gasteiger charge is 2.54. The molecule has 4 aliphatic rings. The Morgan fingerprint density at radius 1 is 0.400 bits per heavy atom. The van der Waals surface area contributed by atoms with Gasteiger partial charge in [0.1, 0.15) is 0 Å². The molecule has 3 amide bonds. The second-order valence-electron chi connectivity index (χ2n) is 19.0. The number of likely N-dealkylation sites (tertiary alicyclic amines) is 3. The highest BCUT2D eigenvalue weighted by Crippen LogP contribution is 2.46. The molecular formula is C38H67N3O9. The number of hydrogen-bond acceptors (Lipinski definition) is 9. The maximum atomic E-state index is 12.9. The standard InChI is InChI=1S/C38H67N3O9/c1-33(2)18-25(19-34(3,4)39(33)30(42)45-13)48-24-16-28(49-26-20-35(5,6)40(31(43)46-14)36(7,8)21-26)29(17-24)50-27-22-37(9,10)41(32(44)47-15)38(11,12)23-27/h24-29H,16-23H2,1-15H3. The Labute approximate surface area is 301 Å². The molecule has 4 fully saturated rings. The van der Waals surface area contributed by atoms with E-state index in [-0.39, 0.29) is 54.9 Å². The van der Waals surface area contributed by atoms with Crippen LogP contribution >= 0.6 is 0 Å². The molecule has 288 valence electrons. The highest BCUT2D eigenvalue weighted by atomic mass is 16.6. The second-order valence-corrected chi connectivity index (χ2v) is 19.0. The van der Waals surface area contributed by atoms with Crippen molar-refractivity contribution in [1.29, 1.82) is 0 Å². The third-order valence-electron chi connectivity index (χ3n) is 11.6. The van der Waals surface area contributed by atoms with Crippen molar-refractivity contribution in [3.05, 3.63) is 0 Å². The van der Waals surface area contributed by atoms with E-state index in [0.717, 1.165) is 0 Å². The topological polar surface area (TPSA) is 116 Å². The molecule has 4 rings (SSSR count). The molecule has 1 saturated carbocycles. The molecule has 2 unspecified atom stereocenters. The molecule has 0 aromatic rings. The van der Waals surface area contributed by atoms with E-state index in [9.17, 15) is 14.4 Å². The van der Waals surface area contributed by atoms with Gasteiger partial charge in [0.2, 0.25) is 0 Å². The number of ether oxygens (including phenoxy) is 6. The van der Waals surface area contributed by atoms with Crippen LogP contribution in [0.1, 0.15) is 134 Å². The average molecular weight is 710 g/mol. The van der Waals surface area contributed by atoms with E-state index in [2.05, 4.69) is 83.1 Å². The Kier molecular flexibility index (Phi) is 11.3. The van der Waals surface area contributed by atoms with Crippen molar-refractivity contribution in [3.63, 3.8) is 0 Å². The van der Waals surface area contributed by atoms with Gasteiger partial charge >= 0.3 is 18.3 Å². The zero-order valence-corrected chi connectivity index (χ0v) is 33.6. The molecule has 0 aromatic heterocycles. The van der Waals surface area contributed by atoms with E-state index in [1.165, 1.54) is 21.3 Å². The van der Waals surface area contributed by atoms with Crippen LogP contribution in [0, 0.1) is 0 Å². The molecule has 2 atom stereocenters. The Morgan fingerprint density at radius 2 is 0.620 bits per heavy atom. The van der Waals surface area contributed by atoms with Gasteiger partial charge < -0.3 is 28.4 Å². The Morgan fingerprint density at radius 3 is 0.840 bits per heavy atom. The Hall–Kier alpha value is -2.31. The largest absolute Gasteiger partial charge is 0.453 e. The predicted octanol–water partition coefficient (Wildman–Crippen LogP) is 7.30. The summed E-state index contributed by atoms with van der Waals surface area (Å²) >= 11 is 0. The van der Waals surface area contributed by atoms with Gasteiger partial charge in [0, 0.05) is 46.1 Å². The summed E-state index contributed by atoms with van der Waals surface area (Å²) in [6.45, 7) is 24.8. The zero-order valence-electron chi connectivity index (χ0n) is 33.6. The molecule has 3 heterocycles. The SMILES string of the molecule is COC(=O)N1C(C)(C)CC(OC2CC(OC3CC(C)(C)N(C(=O)OC)C(C)(C)C3)C(OC3CC(C)(C)N(C(=O)OC)C(C)(C)C3)C2)CC1(C)C. The summed E-state index contributed by atoms with van der Waals surface area (Å²) in [5.41, 5.74) is -2.85. The van der Waals surface area contributed by atoms with Gasteiger partial charge in [-0.25, -0.2) is 14.4 Å². The molecule has 12 heteroatoms. The minimum absolute atomic E-state index is 0.0624. The fourth-order valence-corrected chi connectivity index (χ4v) is 10.7. The van der Waals surface area contributed by atoms with Crippen molar-refractivity contribution < 1.29 is 42.8 Å². The van der Waals surface area contributed by atoms with Crippen molar-refractivity contribution in [3.8, 4) is 0 Å². The van der Waals surface area contributed by atoms with Gasteiger partial charge in [-0.3, -0.25) is 14.7 Å². The third-order valence-corrected chi connectivity index (χ3v) is 11.6. The fourth-order valence-electron chi connectivity index (χ4n) is 10.7. The van der Waals surface area contributed by atoms with Gasteiger partial charge in [0.15, 0.2) is 0 Å². The number of carbonyl (C=O) groups excluding carboxylic acids is 3. The maximum absolute atomic E-state index is 12.9. The second kappa shape index (κ2) is 13.9. The van der Waals surface area contributed by atoms with Gasteiger partial charge in [-0.2, -0.15) is 0 Å². The van der Waals surface area contributed by atoms with Crippen molar-refractivity contribution in [1.82, 2.24) is 14.7 Å². The molecule has 0 bridgehead atoms. The Bertz CT molecular complexity index is 1140. The fraction of sp³-hybridized carbons (Fsp3) is 0.921. The van der Waals surface area contributed by atoms with E-state index in [1.807, 2.05) is 14.7 Å². The number of hydrogen-bond donors (Lipinski definition) is 0. The summed E-state index contributed by atoms with van der Waals surface area (Å²) < 4.78 is 36.6. The summed E-state index contributed by atoms with van der Waals surface area (Å²) in [7, 11) is 4.29. The van der Waals surface area contributed by atoms with Crippen LogP contribution in [0.25, 0.3) is 0 Å². The van der Waals surface area contributed by atoms with Crippen molar-refractivity contribution in [2.24, 2.45) is 0 Å². The summed E-state index contributed by atoms with van der Waals surface area (Å²) in [5.74, 6) is 0. The molecular weight excluding hydrogens is 642 g/mol. The highest BCUT2D eigenvalue weighted by molar-refractivity contribution is 5.71. The number of rotatable bonds is 6. The number of methoxy groups -OCH3 is 3. The van der Waals surface area contributed by atoms with Crippen LogP contribution in [-0.2, 0) is 28.4 Å². The number of amides is 3. The molecule has 50 heavy (non-hydrogen) atoms. The molecule has 0 N–H and O–H groups in total. The minimum Gasteiger partial charge on any atom is -0.453 e. The summed E-state index contributed by atoms with van der Waals surface area (Å²) in [5, 5.41) is 0. The predicted molar refractivity (Wildman–Crippen MR) is 190 cm³/mol. The van der Waals surface area contributed by atoms with E-state index in [4.69, 9.17) is 28.4 Å². The number of carbonyl (C=O) groups is 3. The van der Waals surface area contributed by atoms with Crippen LogP contribution in [0.4, 0.5) is 14.4 Å². The lowest BCUT2D eigenvalue weighted by atomic mass is 9.78. The van der Waals surface area contributed by atoms with Crippen LogP contribution < -0.4 is 0 Å². The smallest absolute Gasteiger partial charge is 0.410 e. The van der Waals surface area contributed by atoms with Crippen molar-refractivity contribution in [2.75, 3.05) is 21.3 Å². The lowest BCUT2D eigenvalue weighted by Crippen LogP contribution is -2.65. The van der Waals surface area contributed by atoms with Crippen LogP contribution in [-0.4, -0.2) is 124 Å². The molecule has 12 nitrogen and oxygen atoms in total. The first-order chi connectivity index (χ1) is 22.8. The van der Waals surface area contributed by atoms with Gasteiger partial charge in [-0.15, -0.1) is 0 Å². The maximum Gasteiger partial charge on any atom is 0.410 e. The van der Waals surface area contributed by atoms with Gasteiger partial charge in [0.25, 0.3) is 0 Å². The van der Waals surface area contributed by atoms with Crippen LogP contribution in [0.15, 0.2) is 0 Å². The third kappa shape index (κ3) is 8.17. The molecule has 0 spiro atoms. The summed E-state index contributed by atoms with van der Waals surface area (Å²) in [6, 6.07) is 0. The number of piperidine rings is 3. The monoisotopic (exact) mass is 709 g/mol. The average Bonchev–Trinajstić information content (AvgIpc) is 3.27. The molecule has 1 aliphatic carbocycles. The molecule has 3 aliphatic heterocycles. The first kappa shape index (κ1) is 40.5. The normalized spacial score (nSPS) is 30.5. The van der Waals surface area contributed by atoms with E-state index >= 15 is 0 Å². The van der Waals surface area contributed by atoms with Gasteiger partial charge in [0.05, 0.1) is 58.0 Å². The Balaban J connectivity index is 1.57. The van der Waals surface area contributed by atoms with Crippen molar-refractivity contribution in [2.45, 2.75) is 204 Å². The van der Waals surface area contributed by atoms with Gasteiger partial charge in [-0.05, 0) is 122 Å². The van der Waals surface area contributed by atoms with Crippen LogP contribution in [0.2, 0.25) is 0 Å². The van der Waals surface area contributed by atoms with Crippen LogP contribution in [0.3, 0.4) is 0 Å². The van der Waals surface area contributed by atoms with E-state index < -0.39 is 33.2 Å². The lowest BCUT2D eigenvalue weighted by molar-refractivity contribution is -0.166. The molecule has 0 radical (unpaired) electrons. The van der Waals surface area contributed by atoms with E-state index in [0.29, 0.717) is 51.4 Å². The van der Waals surface area contributed by atoms with Crippen LogP contribution in [0.5, 0.6) is 0 Å². The lowest BCUT2D eigenvalue weighted by Gasteiger charge is -2.55. The summed E-state index contributed by atoms with van der Waals surface area (Å²) in [4.78, 5) is 44.1. The van der Waals surface area contributed by atoms with E-state index in [1.54, 1.807) is 0 Å².